The lowest BCUT2D eigenvalue weighted by Gasteiger charge is -2.20. The van der Waals surface area contributed by atoms with Crippen molar-refractivity contribution in [1.82, 2.24) is 30.1 Å². The fourth-order valence-electron chi connectivity index (χ4n) is 2.50. The van der Waals surface area contributed by atoms with Crippen LogP contribution in [0.2, 0.25) is 0 Å². The quantitative estimate of drug-likeness (QED) is 0.704. The molecule has 7 nitrogen and oxygen atoms in total. The molecule has 1 N–H and O–H groups in total. The van der Waals surface area contributed by atoms with E-state index in [1.165, 1.54) is 10.4 Å². The van der Waals surface area contributed by atoms with E-state index < -0.39 is 6.10 Å². The molecule has 1 unspecified atom stereocenters. The number of hydrogen-bond donors (Lipinski definition) is 1. The lowest BCUT2D eigenvalue weighted by atomic mass is 10.2. The second-order valence-corrected chi connectivity index (χ2v) is 5.75. The zero-order valence-corrected chi connectivity index (χ0v) is 13.5. The first kappa shape index (κ1) is 16.2. The van der Waals surface area contributed by atoms with E-state index in [0.29, 0.717) is 18.9 Å². The highest BCUT2D eigenvalue weighted by atomic mass is 16.3. The third-order valence-corrected chi connectivity index (χ3v) is 3.56. The van der Waals surface area contributed by atoms with Crippen molar-refractivity contribution in [3.63, 3.8) is 0 Å². The van der Waals surface area contributed by atoms with Crippen molar-refractivity contribution in [1.29, 1.82) is 0 Å². The van der Waals surface area contributed by atoms with Gasteiger partial charge in [0.05, 0.1) is 12.6 Å². The predicted molar refractivity (Wildman–Crippen MR) is 89.8 cm³/mol. The number of aliphatic hydroxyl groups is 1. The molecule has 2 heterocycles. The second kappa shape index (κ2) is 7.76. The molecular weight excluding hydrogens is 304 g/mol. The van der Waals surface area contributed by atoms with Crippen LogP contribution in [0.15, 0.2) is 54.9 Å². The highest BCUT2D eigenvalue weighted by molar-refractivity contribution is 5.51. The first-order chi connectivity index (χ1) is 11.7. The number of nitrogens with zero attached hydrogens (tertiary/aromatic N) is 6. The van der Waals surface area contributed by atoms with Crippen LogP contribution in [0.25, 0.3) is 11.4 Å². The van der Waals surface area contributed by atoms with Gasteiger partial charge in [-0.25, -0.2) is 0 Å². The van der Waals surface area contributed by atoms with Crippen LogP contribution in [0.5, 0.6) is 0 Å². The van der Waals surface area contributed by atoms with E-state index in [-0.39, 0.29) is 0 Å². The number of aromatic nitrogens is 5. The molecule has 0 bridgehead atoms. The van der Waals surface area contributed by atoms with Crippen LogP contribution >= 0.6 is 0 Å². The summed E-state index contributed by atoms with van der Waals surface area (Å²) in [7, 11) is 1.98. The Labute approximate surface area is 140 Å². The SMILES string of the molecule is CN(Cc1ccccc1)CC(O)Cn1nnc(-c2cccnc2)n1. The van der Waals surface area contributed by atoms with Crippen molar-refractivity contribution in [3.05, 3.63) is 60.4 Å². The normalized spacial score (nSPS) is 12.5. The number of benzene rings is 1. The molecular formula is C17H20N6O. The zero-order valence-electron chi connectivity index (χ0n) is 13.5. The Hall–Kier alpha value is -2.64. The summed E-state index contributed by atoms with van der Waals surface area (Å²) in [6.07, 6.45) is 2.81. The molecule has 0 spiro atoms. The van der Waals surface area contributed by atoms with Gasteiger partial charge in [0.1, 0.15) is 0 Å². The topological polar surface area (TPSA) is 80.0 Å². The molecule has 7 heteroatoms. The number of aliphatic hydroxyl groups excluding tert-OH is 1. The summed E-state index contributed by atoms with van der Waals surface area (Å²) in [6.45, 7) is 1.61. The average Bonchev–Trinajstić information content (AvgIpc) is 3.04. The molecule has 0 saturated carbocycles. The van der Waals surface area contributed by atoms with E-state index in [4.69, 9.17) is 0 Å². The molecule has 1 aromatic carbocycles. The minimum atomic E-state index is -0.574. The van der Waals surface area contributed by atoms with Crippen LogP contribution in [0.1, 0.15) is 5.56 Å². The fraction of sp³-hybridized carbons (Fsp3) is 0.294. The molecule has 0 aliphatic carbocycles. The van der Waals surface area contributed by atoms with Gasteiger partial charge in [0.2, 0.25) is 5.82 Å². The molecule has 0 amide bonds. The monoisotopic (exact) mass is 324 g/mol. The van der Waals surface area contributed by atoms with Gasteiger partial charge in [-0.1, -0.05) is 30.3 Å². The molecule has 0 saturated heterocycles. The van der Waals surface area contributed by atoms with Crippen LogP contribution in [-0.4, -0.2) is 54.9 Å². The molecule has 24 heavy (non-hydrogen) atoms. The van der Waals surface area contributed by atoms with Crippen LogP contribution in [0.4, 0.5) is 0 Å². The Morgan fingerprint density at radius 2 is 2.00 bits per heavy atom. The maximum Gasteiger partial charge on any atom is 0.206 e. The number of rotatable bonds is 7. The van der Waals surface area contributed by atoms with E-state index in [0.717, 1.165) is 12.1 Å². The summed E-state index contributed by atoms with van der Waals surface area (Å²) < 4.78 is 0. The van der Waals surface area contributed by atoms with Crippen molar-refractivity contribution < 1.29 is 5.11 Å². The van der Waals surface area contributed by atoms with Gasteiger partial charge in [0.15, 0.2) is 0 Å². The van der Waals surface area contributed by atoms with Gasteiger partial charge in [0.25, 0.3) is 0 Å². The van der Waals surface area contributed by atoms with Crippen LogP contribution in [0, 0.1) is 0 Å². The summed E-state index contributed by atoms with van der Waals surface area (Å²) >= 11 is 0. The van der Waals surface area contributed by atoms with Crippen LogP contribution < -0.4 is 0 Å². The summed E-state index contributed by atoms with van der Waals surface area (Å²) in [6, 6.07) is 13.9. The molecule has 0 radical (unpaired) electrons. The molecule has 0 aliphatic heterocycles. The number of likely N-dealkylation sites (N-methyl/N-ethyl adjacent to an activating group) is 1. The predicted octanol–water partition coefficient (Wildman–Crippen LogP) is 1.23. The van der Waals surface area contributed by atoms with Crippen molar-refractivity contribution >= 4 is 0 Å². The Balaban J connectivity index is 1.53. The van der Waals surface area contributed by atoms with Crippen molar-refractivity contribution in [2.24, 2.45) is 0 Å². The van der Waals surface area contributed by atoms with Gasteiger partial charge in [0, 0.05) is 31.0 Å². The second-order valence-electron chi connectivity index (χ2n) is 5.75. The van der Waals surface area contributed by atoms with E-state index in [1.807, 2.05) is 37.4 Å². The van der Waals surface area contributed by atoms with Gasteiger partial charge in [-0.15, -0.1) is 10.2 Å². The van der Waals surface area contributed by atoms with Gasteiger partial charge in [-0.2, -0.15) is 4.80 Å². The Kier molecular flexibility index (Phi) is 5.25. The molecule has 0 fully saturated rings. The Morgan fingerprint density at radius 3 is 2.75 bits per heavy atom. The summed E-state index contributed by atoms with van der Waals surface area (Å²) in [4.78, 5) is 7.53. The van der Waals surface area contributed by atoms with Crippen LogP contribution in [0.3, 0.4) is 0 Å². The highest BCUT2D eigenvalue weighted by Gasteiger charge is 2.12. The highest BCUT2D eigenvalue weighted by Crippen LogP contribution is 2.10. The lowest BCUT2D eigenvalue weighted by molar-refractivity contribution is 0.0989. The molecule has 1 atom stereocenters. The third kappa shape index (κ3) is 4.43. The van der Waals surface area contributed by atoms with Gasteiger partial charge >= 0.3 is 0 Å². The third-order valence-electron chi connectivity index (χ3n) is 3.56. The molecule has 2 aromatic heterocycles. The van der Waals surface area contributed by atoms with Crippen molar-refractivity contribution in [3.8, 4) is 11.4 Å². The summed E-state index contributed by atoms with van der Waals surface area (Å²) in [5.74, 6) is 0.507. The van der Waals surface area contributed by atoms with E-state index in [9.17, 15) is 5.11 Å². The minimum absolute atomic E-state index is 0.298. The molecule has 3 rings (SSSR count). The summed E-state index contributed by atoms with van der Waals surface area (Å²) in [5, 5.41) is 22.5. The minimum Gasteiger partial charge on any atom is -0.390 e. The Morgan fingerprint density at radius 1 is 1.17 bits per heavy atom. The lowest BCUT2D eigenvalue weighted by Crippen LogP contribution is -2.32. The summed E-state index contributed by atoms with van der Waals surface area (Å²) in [5.41, 5.74) is 2.02. The Bertz CT molecular complexity index is 746. The van der Waals surface area contributed by atoms with Crippen molar-refractivity contribution in [2.75, 3.05) is 13.6 Å². The molecule has 0 aliphatic rings. The smallest absolute Gasteiger partial charge is 0.206 e. The van der Waals surface area contributed by atoms with Crippen LogP contribution in [-0.2, 0) is 13.1 Å². The number of pyridine rings is 1. The van der Waals surface area contributed by atoms with Gasteiger partial charge < -0.3 is 5.11 Å². The van der Waals surface area contributed by atoms with Crippen molar-refractivity contribution in [2.45, 2.75) is 19.2 Å². The maximum atomic E-state index is 10.2. The fourth-order valence-corrected chi connectivity index (χ4v) is 2.50. The number of tetrazole rings is 1. The molecule has 3 aromatic rings. The standard InChI is InChI=1S/C17H20N6O/c1-22(11-14-6-3-2-4-7-14)12-16(24)13-23-20-17(19-21-23)15-8-5-9-18-10-15/h2-10,16,24H,11-13H2,1H3. The number of hydrogen-bond acceptors (Lipinski definition) is 6. The first-order valence-electron chi connectivity index (χ1n) is 7.79. The largest absolute Gasteiger partial charge is 0.390 e. The van der Waals surface area contributed by atoms with E-state index >= 15 is 0 Å². The maximum absolute atomic E-state index is 10.2. The first-order valence-corrected chi connectivity index (χ1v) is 7.79. The van der Waals surface area contributed by atoms with E-state index in [2.05, 4.69) is 37.4 Å². The van der Waals surface area contributed by atoms with Gasteiger partial charge in [-0.3, -0.25) is 9.88 Å². The average molecular weight is 324 g/mol. The zero-order chi connectivity index (χ0) is 16.8. The molecule has 124 valence electrons. The van der Waals surface area contributed by atoms with E-state index in [1.54, 1.807) is 12.4 Å². The van der Waals surface area contributed by atoms with Gasteiger partial charge in [-0.05, 0) is 30.0 Å².